The molecule has 7 heteroatoms. The number of thiazole rings is 1. The number of furan rings is 1. The van der Waals surface area contributed by atoms with Crippen LogP contribution >= 0.6 is 11.3 Å². The van der Waals surface area contributed by atoms with Gasteiger partial charge in [-0.25, -0.2) is 4.98 Å². The molecule has 1 amide bonds. The lowest BCUT2D eigenvalue weighted by Crippen LogP contribution is -2.48. The van der Waals surface area contributed by atoms with Crippen LogP contribution in [0.2, 0.25) is 0 Å². The average Bonchev–Trinajstić information content (AvgIpc) is 3.49. The quantitative estimate of drug-likeness (QED) is 0.600. The highest BCUT2D eigenvalue weighted by molar-refractivity contribution is 7.13. The molecule has 1 aliphatic heterocycles. The van der Waals surface area contributed by atoms with Gasteiger partial charge < -0.3 is 14.8 Å². The van der Waals surface area contributed by atoms with Gasteiger partial charge in [0.15, 0.2) is 0 Å². The summed E-state index contributed by atoms with van der Waals surface area (Å²) >= 11 is 1.63. The Morgan fingerprint density at radius 3 is 2.83 bits per heavy atom. The molecule has 3 atom stereocenters. The van der Waals surface area contributed by atoms with Gasteiger partial charge in [-0.3, -0.25) is 9.69 Å². The molecule has 0 radical (unpaired) electrons. The SMILES string of the molecule is Cc1ncsc1-c1ccc([C@H](C)NC(=O)[C@@H]2CCCN2C(O)Cc2ccco2)cc1. The fraction of sp³-hybridized carbons (Fsp3) is 0.391. The van der Waals surface area contributed by atoms with Gasteiger partial charge in [-0.2, -0.15) is 0 Å². The van der Waals surface area contributed by atoms with E-state index in [1.807, 2.05) is 30.3 Å². The van der Waals surface area contributed by atoms with E-state index in [4.69, 9.17) is 4.42 Å². The number of aliphatic hydroxyl groups is 1. The Hall–Kier alpha value is -2.48. The fourth-order valence-corrected chi connectivity index (χ4v) is 4.86. The normalized spacial score (nSPS) is 19.0. The molecule has 2 N–H and O–H groups in total. The summed E-state index contributed by atoms with van der Waals surface area (Å²) in [4.78, 5) is 20.3. The topological polar surface area (TPSA) is 78.6 Å². The van der Waals surface area contributed by atoms with Crippen LogP contribution in [-0.2, 0) is 11.2 Å². The number of carbonyl (C=O) groups is 1. The van der Waals surface area contributed by atoms with Crippen LogP contribution in [0.4, 0.5) is 0 Å². The van der Waals surface area contributed by atoms with Crippen LogP contribution in [-0.4, -0.2) is 39.7 Å². The second-order valence-electron chi connectivity index (χ2n) is 7.78. The number of hydrogen-bond acceptors (Lipinski definition) is 6. The smallest absolute Gasteiger partial charge is 0.237 e. The van der Waals surface area contributed by atoms with Gasteiger partial charge in [0.2, 0.25) is 5.91 Å². The highest BCUT2D eigenvalue weighted by atomic mass is 32.1. The van der Waals surface area contributed by atoms with Gasteiger partial charge in [-0.15, -0.1) is 11.3 Å². The number of nitrogens with one attached hydrogen (secondary N) is 1. The van der Waals surface area contributed by atoms with E-state index in [1.165, 1.54) is 4.88 Å². The van der Waals surface area contributed by atoms with Crippen molar-refractivity contribution < 1.29 is 14.3 Å². The summed E-state index contributed by atoms with van der Waals surface area (Å²) in [6.45, 7) is 4.71. The van der Waals surface area contributed by atoms with Gasteiger partial charge >= 0.3 is 0 Å². The van der Waals surface area contributed by atoms with Crippen LogP contribution < -0.4 is 5.32 Å². The Kier molecular flexibility index (Phi) is 6.32. The Bertz CT molecular complexity index is 968. The molecule has 3 heterocycles. The highest BCUT2D eigenvalue weighted by Crippen LogP contribution is 2.28. The summed E-state index contributed by atoms with van der Waals surface area (Å²) in [6, 6.07) is 11.5. The molecular weight excluding hydrogens is 398 g/mol. The number of rotatable bonds is 7. The number of amides is 1. The molecular formula is C23H27N3O3S. The van der Waals surface area contributed by atoms with E-state index in [0.29, 0.717) is 13.0 Å². The van der Waals surface area contributed by atoms with E-state index in [-0.39, 0.29) is 18.0 Å². The van der Waals surface area contributed by atoms with E-state index in [9.17, 15) is 9.90 Å². The average molecular weight is 426 g/mol. The molecule has 4 rings (SSSR count). The van der Waals surface area contributed by atoms with Crippen molar-refractivity contribution in [2.75, 3.05) is 6.54 Å². The Labute approximate surface area is 180 Å². The first-order chi connectivity index (χ1) is 14.5. The third-order valence-corrected chi connectivity index (χ3v) is 6.70. The maximum Gasteiger partial charge on any atom is 0.237 e. The molecule has 0 bridgehead atoms. The lowest BCUT2D eigenvalue weighted by molar-refractivity contribution is -0.130. The number of aliphatic hydroxyl groups excluding tert-OH is 1. The Morgan fingerprint density at radius 2 is 2.17 bits per heavy atom. The summed E-state index contributed by atoms with van der Waals surface area (Å²) in [5.74, 6) is 0.680. The van der Waals surface area contributed by atoms with Crippen LogP contribution in [0, 0.1) is 6.92 Å². The standard InChI is InChI=1S/C23H27N3O3S/c1-15(17-7-9-18(10-8-17)22-16(2)24-14-30-22)25-23(28)20-6-3-11-26(20)21(27)13-19-5-4-12-29-19/h4-5,7-10,12,14-15,20-21,27H,3,6,11,13H2,1-2H3,(H,25,28)/t15-,20-,21?/m0/s1. The number of aromatic nitrogens is 1. The first kappa shape index (κ1) is 20.8. The molecule has 3 aromatic rings. The third-order valence-electron chi connectivity index (χ3n) is 5.72. The van der Waals surface area contributed by atoms with Crippen LogP contribution in [0.15, 0.2) is 52.6 Å². The maximum absolute atomic E-state index is 13.0. The largest absolute Gasteiger partial charge is 0.469 e. The van der Waals surface area contributed by atoms with Crippen molar-refractivity contribution in [3.8, 4) is 10.4 Å². The molecule has 6 nitrogen and oxygen atoms in total. The van der Waals surface area contributed by atoms with Gasteiger partial charge in [0.05, 0.1) is 34.4 Å². The molecule has 2 aromatic heterocycles. The van der Waals surface area contributed by atoms with Crippen molar-refractivity contribution in [1.82, 2.24) is 15.2 Å². The second kappa shape index (κ2) is 9.12. The number of benzene rings is 1. The first-order valence-corrected chi connectivity index (χ1v) is 11.2. The van der Waals surface area contributed by atoms with Crippen molar-refractivity contribution in [3.63, 3.8) is 0 Å². The third kappa shape index (κ3) is 4.48. The zero-order valence-electron chi connectivity index (χ0n) is 17.2. The van der Waals surface area contributed by atoms with Gasteiger partial charge in [0.25, 0.3) is 0 Å². The zero-order valence-corrected chi connectivity index (χ0v) is 18.1. The van der Waals surface area contributed by atoms with Crippen molar-refractivity contribution in [1.29, 1.82) is 0 Å². The van der Waals surface area contributed by atoms with Gasteiger partial charge in [0.1, 0.15) is 12.0 Å². The maximum atomic E-state index is 13.0. The van der Waals surface area contributed by atoms with Crippen LogP contribution in [0.1, 0.15) is 42.8 Å². The lowest BCUT2D eigenvalue weighted by Gasteiger charge is -2.29. The van der Waals surface area contributed by atoms with E-state index >= 15 is 0 Å². The summed E-state index contributed by atoms with van der Waals surface area (Å²) in [5, 5.41) is 13.7. The van der Waals surface area contributed by atoms with Crippen LogP contribution in [0.5, 0.6) is 0 Å². The predicted molar refractivity (Wildman–Crippen MR) is 117 cm³/mol. The molecule has 1 aliphatic rings. The minimum Gasteiger partial charge on any atom is -0.469 e. The van der Waals surface area contributed by atoms with Crippen LogP contribution in [0.3, 0.4) is 0 Å². The molecule has 1 aromatic carbocycles. The van der Waals surface area contributed by atoms with Crippen molar-refractivity contribution in [2.24, 2.45) is 0 Å². The Balaban J connectivity index is 1.38. The van der Waals surface area contributed by atoms with Crippen LogP contribution in [0.25, 0.3) is 10.4 Å². The number of carbonyl (C=O) groups excluding carboxylic acids is 1. The van der Waals surface area contributed by atoms with E-state index in [1.54, 1.807) is 23.7 Å². The Morgan fingerprint density at radius 1 is 1.37 bits per heavy atom. The fourth-order valence-electron chi connectivity index (χ4n) is 4.05. The molecule has 0 saturated carbocycles. The zero-order chi connectivity index (χ0) is 21.1. The molecule has 1 unspecified atom stereocenters. The minimum atomic E-state index is -0.730. The minimum absolute atomic E-state index is 0.0409. The molecule has 158 valence electrons. The van der Waals surface area contributed by atoms with E-state index in [0.717, 1.165) is 35.4 Å². The van der Waals surface area contributed by atoms with E-state index in [2.05, 4.69) is 34.6 Å². The summed E-state index contributed by atoms with van der Waals surface area (Å²) < 4.78 is 5.34. The summed E-state index contributed by atoms with van der Waals surface area (Å²) in [5.41, 5.74) is 5.08. The molecule has 0 spiro atoms. The lowest BCUT2D eigenvalue weighted by atomic mass is 10.0. The highest BCUT2D eigenvalue weighted by Gasteiger charge is 2.35. The monoisotopic (exact) mass is 425 g/mol. The van der Waals surface area contributed by atoms with E-state index < -0.39 is 6.23 Å². The van der Waals surface area contributed by atoms with Crippen molar-refractivity contribution in [2.45, 2.75) is 51.4 Å². The van der Waals surface area contributed by atoms with Gasteiger partial charge in [0, 0.05) is 13.0 Å². The number of likely N-dealkylation sites (tertiary alicyclic amines) is 1. The molecule has 30 heavy (non-hydrogen) atoms. The number of aryl methyl sites for hydroxylation is 1. The predicted octanol–water partition coefficient (Wildman–Crippen LogP) is 3.91. The number of nitrogens with zero attached hydrogens (tertiary/aromatic N) is 2. The van der Waals surface area contributed by atoms with Crippen molar-refractivity contribution in [3.05, 3.63) is 65.2 Å². The molecule has 1 fully saturated rings. The van der Waals surface area contributed by atoms with Gasteiger partial charge in [-0.1, -0.05) is 24.3 Å². The summed E-state index contributed by atoms with van der Waals surface area (Å²) in [7, 11) is 0. The van der Waals surface area contributed by atoms with Crippen molar-refractivity contribution >= 4 is 17.2 Å². The number of hydrogen-bond donors (Lipinski definition) is 2. The molecule has 1 saturated heterocycles. The second-order valence-corrected chi connectivity index (χ2v) is 8.63. The first-order valence-electron chi connectivity index (χ1n) is 10.3. The molecule has 0 aliphatic carbocycles. The summed E-state index contributed by atoms with van der Waals surface area (Å²) in [6.07, 6.45) is 2.89. The van der Waals surface area contributed by atoms with Gasteiger partial charge in [-0.05, 0) is 49.9 Å².